The van der Waals surface area contributed by atoms with Crippen LogP contribution in [0.3, 0.4) is 0 Å². The lowest BCUT2D eigenvalue weighted by atomic mass is 9.89. The highest BCUT2D eigenvalue weighted by Crippen LogP contribution is 2.30. The van der Waals surface area contributed by atoms with Gasteiger partial charge in [-0.2, -0.15) is 0 Å². The summed E-state index contributed by atoms with van der Waals surface area (Å²) in [7, 11) is 0. The first kappa shape index (κ1) is 14.1. The molecule has 2 aromatic rings. The van der Waals surface area contributed by atoms with Crippen LogP contribution in [0, 0.1) is 0 Å². The zero-order valence-corrected chi connectivity index (χ0v) is 12.1. The molecular weight excluding hydrogens is 278 g/mol. The first-order valence-electron chi connectivity index (χ1n) is 7.12. The molecule has 3 rings (SSSR count). The van der Waals surface area contributed by atoms with E-state index < -0.39 is 5.92 Å². The molecule has 1 atom stereocenters. The van der Waals surface area contributed by atoms with Gasteiger partial charge in [0.25, 0.3) is 5.91 Å². The Hall–Kier alpha value is -2.82. The SMILES string of the molecule is CCN=CC1C(=O)N(c2ccccn2)C(=O)c2ccccc21. The molecule has 5 heteroatoms. The third kappa shape index (κ3) is 2.30. The number of hydrogen-bond acceptors (Lipinski definition) is 4. The largest absolute Gasteiger partial charge is 0.297 e. The summed E-state index contributed by atoms with van der Waals surface area (Å²) in [5.41, 5.74) is 1.21. The highest BCUT2D eigenvalue weighted by atomic mass is 16.2. The lowest BCUT2D eigenvalue weighted by Gasteiger charge is -2.30. The summed E-state index contributed by atoms with van der Waals surface area (Å²) in [6.45, 7) is 2.49. The number of carbonyl (C=O) groups is 2. The number of aliphatic imine (C=N–C) groups is 1. The normalized spacial score (nSPS) is 17.9. The second-order valence-corrected chi connectivity index (χ2v) is 4.88. The summed E-state index contributed by atoms with van der Waals surface area (Å²) >= 11 is 0. The number of amides is 2. The maximum absolute atomic E-state index is 12.8. The average Bonchev–Trinajstić information content (AvgIpc) is 2.56. The summed E-state index contributed by atoms with van der Waals surface area (Å²) < 4.78 is 0. The van der Waals surface area contributed by atoms with Crippen LogP contribution in [0.15, 0.2) is 53.7 Å². The van der Waals surface area contributed by atoms with Crippen molar-refractivity contribution in [1.29, 1.82) is 0 Å². The van der Waals surface area contributed by atoms with Crippen molar-refractivity contribution in [3.8, 4) is 0 Å². The summed E-state index contributed by atoms with van der Waals surface area (Å²) in [5, 5.41) is 0. The van der Waals surface area contributed by atoms with Crippen molar-refractivity contribution in [3.05, 3.63) is 59.8 Å². The van der Waals surface area contributed by atoms with E-state index in [4.69, 9.17) is 0 Å². The van der Waals surface area contributed by atoms with E-state index in [9.17, 15) is 9.59 Å². The third-order valence-electron chi connectivity index (χ3n) is 3.53. The standard InChI is InChI=1S/C17H15N3O2/c1-2-18-11-14-12-7-3-4-8-13(12)16(21)20(17(14)22)15-9-5-6-10-19-15/h3-11,14H,2H2,1H3. The third-order valence-corrected chi connectivity index (χ3v) is 3.53. The van der Waals surface area contributed by atoms with E-state index in [-0.39, 0.29) is 11.8 Å². The lowest BCUT2D eigenvalue weighted by molar-refractivity contribution is -0.118. The molecular formula is C17H15N3O2. The van der Waals surface area contributed by atoms with E-state index >= 15 is 0 Å². The van der Waals surface area contributed by atoms with Gasteiger partial charge < -0.3 is 0 Å². The van der Waals surface area contributed by atoms with E-state index in [2.05, 4.69) is 9.98 Å². The first-order valence-corrected chi connectivity index (χ1v) is 7.12. The Bertz CT molecular complexity index is 741. The van der Waals surface area contributed by atoms with Gasteiger partial charge in [-0.25, -0.2) is 9.88 Å². The Balaban J connectivity index is 2.14. The molecule has 0 radical (unpaired) electrons. The van der Waals surface area contributed by atoms with E-state index in [1.54, 1.807) is 48.8 Å². The Kier molecular flexibility index (Phi) is 3.78. The molecule has 0 saturated heterocycles. The number of rotatable bonds is 3. The number of aromatic nitrogens is 1. The molecule has 0 aliphatic carbocycles. The van der Waals surface area contributed by atoms with Gasteiger partial charge in [-0.15, -0.1) is 0 Å². The zero-order chi connectivity index (χ0) is 15.5. The minimum Gasteiger partial charge on any atom is -0.297 e. The molecule has 1 aliphatic heterocycles. The van der Waals surface area contributed by atoms with E-state index in [1.807, 2.05) is 13.0 Å². The second kappa shape index (κ2) is 5.89. The highest BCUT2D eigenvalue weighted by molar-refractivity contribution is 6.28. The number of pyridine rings is 1. The molecule has 1 aromatic heterocycles. The van der Waals surface area contributed by atoms with Gasteiger partial charge in [0, 0.05) is 24.5 Å². The molecule has 5 nitrogen and oxygen atoms in total. The minimum absolute atomic E-state index is 0.320. The number of hydrogen-bond donors (Lipinski definition) is 0. The fourth-order valence-corrected chi connectivity index (χ4v) is 2.51. The number of imide groups is 1. The van der Waals surface area contributed by atoms with Gasteiger partial charge in [-0.1, -0.05) is 24.3 Å². The van der Waals surface area contributed by atoms with Gasteiger partial charge in [-0.05, 0) is 30.7 Å². The minimum atomic E-state index is -0.559. The van der Waals surface area contributed by atoms with Crippen LogP contribution in [0.2, 0.25) is 0 Å². The Morgan fingerprint density at radius 2 is 1.95 bits per heavy atom. The number of carbonyl (C=O) groups excluding carboxylic acids is 2. The van der Waals surface area contributed by atoms with Crippen LogP contribution in [0.25, 0.3) is 0 Å². The number of anilines is 1. The van der Waals surface area contributed by atoms with Crippen LogP contribution in [0.4, 0.5) is 5.82 Å². The monoisotopic (exact) mass is 293 g/mol. The van der Waals surface area contributed by atoms with Crippen molar-refractivity contribution < 1.29 is 9.59 Å². The molecule has 2 amide bonds. The molecule has 2 heterocycles. The smallest absolute Gasteiger partial charge is 0.266 e. The van der Waals surface area contributed by atoms with Gasteiger partial charge in [-0.3, -0.25) is 14.6 Å². The van der Waals surface area contributed by atoms with Crippen LogP contribution in [-0.4, -0.2) is 29.6 Å². The highest BCUT2D eigenvalue weighted by Gasteiger charge is 2.39. The fraction of sp³-hybridized carbons (Fsp3) is 0.176. The summed E-state index contributed by atoms with van der Waals surface area (Å²) in [5.74, 6) is -0.891. The Morgan fingerprint density at radius 1 is 1.18 bits per heavy atom. The van der Waals surface area contributed by atoms with Gasteiger partial charge >= 0.3 is 0 Å². The maximum Gasteiger partial charge on any atom is 0.266 e. The molecule has 1 unspecified atom stereocenters. The Labute approximate surface area is 128 Å². The first-order chi connectivity index (χ1) is 10.7. The molecule has 0 spiro atoms. The van der Waals surface area contributed by atoms with Crippen molar-refractivity contribution in [3.63, 3.8) is 0 Å². The average molecular weight is 293 g/mol. The van der Waals surface area contributed by atoms with Crippen LogP contribution in [0.5, 0.6) is 0 Å². The van der Waals surface area contributed by atoms with E-state index in [0.717, 1.165) is 4.90 Å². The summed E-state index contributed by atoms with van der Waals surface area (Å²) in [6, 6.07) is 12.3. The summed E-state index contributed by atoms with van der Waals surface area (Å²) in [6.07, 6.45) is 3.18. The van der Waals surface area contributed by atoms with Gasteiger partial charge in [0.2, 0.25) is 5.91 Å². The maximum atomic E-state index is 12.8. The van der Waals surface area contributed by atoms with E-state index in [0.29, 0.717) is 23.5 Å². The number of nitrogens with zero attached hydrogens (tertiary/aromatic N) is 3. The van der Waals surface area contributed by atoms with Crippen LogP contribution >= 0.6 is 0 Å². The summed E-state index contributed by atoms with van der Waals surface area (Å²) in [4.78, 5) is 34.9. The van der Waals surface area contributed by atoms with Crippen molar-refractivity contribution in [2.24, 2.45) is 4.99 Å². The molecule has 0 saturated carbocycles. The molecule has 0 fully saturated rings. The van der Waals surface area contributed by atoms with Gasteiger partial charge in [0.05, 0.1) is 5.92 Å². The van der Waals surface area contributed by atoms with Crippen molar-refractivity contribution in [2.75, 3.05) is 11.4 Å². The van der Waals surface area contributed by atoms with Crippen LogP contribution in [0.1, 0.15) is 28.8 Å². The Morgan fingerprint density at radius 3 is 2.68 bits per heavy atom. The topological polar surface area (TPSA) is 62.6 Å². The quantitative estimate of drug-likeness (QED) is 0.645. The van der Waals surface area contributed by atoms with Crippen LogP contribution < -0.4 is 4.90 Å². The molecule has 22 heavy (non-hydrogen) atoms. The number of benzene rings is 1. The molecule has 110 valence electrons. The fourth-order valence-electron chi connectivity index (χ4n) is 2.51. The molecule has 0 N–H and O–H groups in total. The van der Waals surface area contributed by atoms with Crippen molar-refractivity contribution in [1.82, 2.24) is 4.98 Å². The predicted molar refractivity (Wildman–Crippen MR) is 84.3 cm³/mol. The molecule has 1 aromatic carbocycles. The number of fused-ring (bicyclic) bond motifs is 1. The van der Waals surface area contributed by atoms with Crippen molar-refractivity contribution in [2.45, 2.75) is 12.8 Å². The van der Waals surface area contributed by atoms with E-state index in [1.165, 1.54) is 0 Å². The molecule has 0 bridgehead atoms. The second-order valence-electron chi connectivity index (χ2n) is 4.88. The van der Waals surface area contributed by atoms with Crippen molar-refractivity contribution >= 4 is 23.8 Å². The van der Waals surface area contributed by atoms with Crippen LogP contribution in [-0.2, 0) is 4.79 Å². The van der Waals surface area contributed by atoms with Gasteiger partial charge in [0.1, 0.15) is 5.82 Å². The molecule has 1 aliphatic rings. The lowest BCUT2D eigenvalue weighted by Crippen LogP contribution is -2.45. The predicted octanol–water partition coefficient (Wildman–Crippen LogP) is 2.44. The zero-order valence-electron chi connectivity index (χ0n) is 12.1. The van der Waals surface area contributed by atoms with Gasteiger partial charge in [0.15, 0.2) is 0 Å².